The zero-order chi connectivity index (χ0) is 21.8. The maximum Gasteiger partial charge on any atom is 0.317 e. The summed E-state index contributed by atoms with van der Waals surface area (Å²) in [6.45, 7) is 1.96. The number of hydrogen-bond acceptors (Lipinski definition) is 6. The molecule has 0 spiro atoms. The molecular weight excluding hydrogens is 460 g/mol. The lowest BCUT2D eigenvalue weighted by atomic mass is 10.1. The van der Waals surface area contributed by atoms with E-state index in [0.717, 1.165) is 40.4 Å². The number of likely N-dealkylation sites (N-methyl/N-ethyl adjacent to an activating group) is 1. The highest BCUT2D eigenvalue weighted by Gasteiger charge is 2.22. The summed E-state index contributed by atoms with van der Waals surface area (Å²) < 4.78 is 6.46. The molecule has 0 unspecified atom stereocenters. The molecule has 1 aromatic heterocycles. The van der Waals surface area contributed by atoms with Gasteiger partial charge < -0.3 is 19.6 Å². The van der Waals surface area contributed by atoms with Crippen molar-refractivity contribution in [1.82, 2.24) is 14.9 Å². The number of nitrogens with zero attached hydrogens (tertiary/aromatic N) is 4. The normalized spacial score (nSPS) is 16.0. The standard InChI is InChI=1S/C23H25BrN4O3/c1-27(10-8-16-4-2-3-5-21(16)28-11-9-19(29)14-28)22(30)15-31-23-25-13-17-6-7-18(24)12-20(17)26-23/h2-7,12-13,19,29H,8-11,14-15H2,1H3/t19-/m0/s1. The van der Waals surface area contributed by atoms with E-state index in [1.54, 1.807) is 18.1 Å². The van der Waals surface area contributed by atoms with Gasteiger partial charge in [0.05, 0.1) is 11.6 Å². The third-order valence-corrected chi connectivity index (χ3v) is 5.98. The molecule has 0 radical (unpaired) electrons. The van der Waals surface area contributed by atoms with Gasteiger partial charge in [0.15, 0.2) is 6.61 Å². The summed E-state index contributed by atoms with van der Waals surface area (Å²) in [4.78, 5) is 24.9. The molecule has 2 heterocycles. The second kappa shape index (κ2) is 9.62. The fraction of sp³-hybridized carbons (Fsp3) is 0.348. The molecule has 1 fully saturated rings. The zero-order valence-electron chi connectivity index (χ0n) is 17.4. The molecular formula is C23H25BrN4O3. The summed E-state index contributed by atoms with van der Waals surface area (Å²) in [6, 6.07) is 14.1. The van der Waals surface area contributed by atoms with Crippen molar-refractivity contribution in [2.75, 3.05) is 38.2 Å². The van der Waals surface area contributed by atoms with E-state index in [-0.39, 0.29) is 24.6 Å². The fourth-order valence-corrected chi connectivity index (χ4v) is 4.04. The fourth-order valence-electron chi connectivity index (χ4n) is 3.69. The summed E-state index contributed by atoms with van der Waals surface area (Å²) in [5.74, 6) is -0.132. The Morgan fingerprint density at radius 3 is 2.97 bits per heavy atom. The van der Waals surface area contributed by atoms with E-state index in [1.165, 1.54) is 5.56 Å². The van der Waals surface area contributed by atoms with Crippen LogP contribution in [0.15, 0.2) is 53.1 Å². The first-order valence-corrected chi connectivity index (χ1v) is 11.1. The maximum absolute atomic E-state index is 12.5. The highest BCUT2D eigenvalue weighted by molar-refractivity contribution is 9.10. The van der Waals surface area contributed by atoms with Crippen molar-refractivity contribution < 1.29 is 14.6 Å². The molecule has 1 aliphatic rings. The summed E-state index contributed by atoms with van der Waals surface area (Å²) in [6.07, 6.45) is 2.93. The minimum Gasteiger partial charge on any atom is -0.453 e. The van der Waals surface area contributed by atoms with Crippen LogP contribution in [0.25, 0.3) is 10.9 Å². The Morgan fingerprint density at radius 1 is 1.32 bits per heavy atom. The van der Waals surface area contributed by atoms with E-state index in [4.69, 9.17) is 4.74 Å². The molecule has 4 rings (SSSR count). The molecule has 2 aromatic carbocycles. The Morgan fingerprint density at radius 2 is 2.16 bits per heavy atom. The summed E-state index contributed by atoms with van der Waals surface area (Å²) >= 11 is 3.43. The summed E-state index contributed by atoms with van der Waals surface area (Å²) in [5.41, 5.74) is 3.05. The number of aromatic nitrogens is 2. The largest absolute Gasteiger partial charge is 0.453 e. The molecule has 0 bridgehead atoms. The van der Waals surface area contributed by atoms with Crippen molar-refractivity contribution in [3.63, 3.8) is 0 Å². The number of carbonyl (C=O) groups is 1. The number of benzene rings is 2. The molecule has 7 nitrogen and oxygen atoms in total. The number of hydrogen-bond donors (Lipinski definition) is 1. The first-order valence-electron chi connectivity index (χ1n) is 10.3. The predicted molar refractivity (Wildman–Crippen MR) is 123 cm³/mol. The first-order chi connectivity index (χ1) is 15.0. The van der Waals surface area contributed by atoms with E-state index in [0.29, 0.717) is 13.1 Å². The number of aliphatic hydroxyl groups excluding tert-OH is 1. The summed E-state index contributed by atoms with van der Waals surface area (Å²) in [5, 5.41) is 10.8. The molecule has 1 atom stereocenters. The van der Waals surface area contributed by atoms with Gasteiger partial charge in [0.25, 0.3) is 5.91 Å². The number of halogens is 1. The average molecular weight is 485 g/mol. The van der Waals surface area contributed by atoms with Gasteiger partial charge >= 0.3 is 6.01 Å². The third kappa shape index (κ3) is 5.32. The Hall–Kier alpha value is -2.71. The highest BCUT2D eigenvalue weighted by Crippen LogP contribution is 2.25. The van der Waals surface area contributed by atoms with Gasteiger partial charge in [-0.1, -0.05) is 40.2 Å². The van der Waals surface area contributed by atoms with E-state index in [9.17, 15) is 9.90 Å². The monoisotopic (exact) mass is 484 g/mol. The van der Waals surface area contributed by atoms with Crippen LogP contribution in [-0.4, -0.2) is 65.3 Å². The van der Waals surface area contributed by atoms with Gasteiger partial charge in [0.2, 0.25) is 0 Å². The number of fused-ring (bicyclic) bond motifs is 1. The minimum absolute atomic E-state index is 0.115. The molecule has 0 aliphatic carbocycles. The van der Waals surface area contributed by atoms with Crippen molar-refractivity contribution in [1.29, 1.82) is 0 Å². The lowest BCUT2D eigenvalue weighted by Crippen LogP contribution is -2.33. The van der Waals surface area contributed by atoms with Gasteiger partial charge in [-0.05, 0) is 36.6 Å². The molecule has 1 amide bonds. The number of ether oxygens (including phenoxy) is 1. The molecule has 8 heteroatoms. The number of amides is 1. The number of carbonyl (C=O) groups excluding carboxylic acids is 1. The van der Waals surface area contributed by atoms with E-state index in [1.807, 2.05) is 30.3 Å². The van der Waals surface area contributed by atoms with Gasteiger partial charge in [-0.3, -0.25) is 4.79 Å². The van der Waals surface area contributed by atoms with Crippen LogP contribution in [0.5, 0.6) is 6.01 Å². The third-order valence-electron chi connectivity index (χ3n) is 5.49. The van der Waals surface area contributed by atoms with Crippen LogP contribution in [0.2, 0.25) is 0 Å². The molecule has 3 aromatic rings. The molecule has 1 aliphatic heterocycles. The number of aliphatic hydroxyl groups is 1. The van der Waals surface area contributed by atoms with Crippen LogP contribution < -0.4 is 9.64 Å². The van der Waals surface area contributed by atoms with E-state index < -0.39 is 0 Å². The lowest BCUT2D eigenvalue weighted by Gasteiger charge is -2.23. The van der Waals surface area contributed by atoms with Crippen molar-refractivity contribution >= 4 is 38.4 Å². The SMILES string of the molecule is CN(CCc1ccccc1N1CC[C@H](O)C1)C(=O)COc1ncc2ccc(Br)cc2n1. The lowest BCUT2D eigenvalue weighted by molar-refractivity contribution is -0.132. The summed E-state index contributed by atoms with van der Waals surface area (Å²) in [7, 11) is 1.77. The minimum atomic E-state index is -0.270. The molecule has 162 valence electrons. The van der Waals surface area contributed by atoms with Crippen molar-refractivity contribution in [3.8, 4) is 6.01 Å². The first kappa shape index (κ1) is 21.5. The number of anilines is 1. The predicted octanol–water partition coefficient (Wildman–Crippen LogP) is 3.04. The van der Waals surface area contributed by atoms with Crippen molar-refractivity contribution in [3.05, 3.63) is 58.7 Å². The van der Waals surface area contributed by atoms with Crippen LogP contribution in [0.3, 0.4) is 0 Å². The Balaban J connectivity index is 1.32. The van der Waals surface area contributed by atoms with Crippen LogP contribution in [0.1, 0.15) is 12.0 Å². The zero-order valence-corrected chi connectivity index (χ0v) is 19.0. The average Bonchev–Trinajstić information content (AvgIpc) is 3.21. The Labute approximate surface area is 189 Å². The smallest absolute Gasteiger partial charge is 0.317 e. The molecule has 1 saturated heterocycles. The van der Waals surface area contributed by atoms with Gasteiger partial charge in [-0.25, -0.2) is 4.98 Å². The van der Waals surface area contributed by atoms with Gasteiger partial charge in [-0.2, -0.15) is 4.98 Å². The topological polar surface area (TPSA) is 78.8 Å². The second-order valence-corrected chi connectivity index (χ2v) is 8.64. The van der Waals surface area contributed by atoms with Gasteiger partial charge in [0, 0.05) is 48.4 Å². The number of β-amino-alcohol motifs (C(OH)–C–C–N with tert-alkyl or cyclic N) is 1. The molecule has 0 saturated carbocycles. The molecule has 31 heavy (non-hydrogen) atoms. The van der Waals surface area contributed by atoms with Crippen LogP contribution >= 0.6 is 15.9 Å². The number of rotatable bonds is 7. The number of para-hydroxylation sites is 1. The van der Waals surface area contributed by atoms with Gasteiger partial charge in [0.1, 0.15) is 0 Å². The second-order valence-electron chi connectivity index (χ2n) is 7.73. The maximum atomic E-state index is 12.5. The van der Waals surface area contributed by atoms with Crippen molar-refractivity contribution in [2.45, 2.75) is 18.9 Å². The van der Waals surface area contributed by atoms with Crippen LogP contribution in [-0.2, 0) is 11.2 Å². The molecule has 1 N–H and O–H groups in total. The van der Waals surface area contributed by atoms with Crippen LogP contribution in [0, 0.1) is 0 Å². The quantitative estimate of drug-likeness (QED) is 0.555. The highest BCUT2D eigenvalue weighted by atomic mass is 79.9. The van der Waals surface area contributed by atoms with E-state index in [2.05, 4.69) is 42.9 Å². The van der Waals surface area contributed by atoms with E-state index >= 15 is 0 Å². The van der Waals surface area contributed by atoms with Gasteiger partial charge in [-0.15, -0.1) is 0 Å². The Kier molecular flexibility index (Phi) is 6.67. The van der Waals surface area contributed by atoms with Crippen LogP contribution in [0.4, 0.5) is 5.69 Å². The Bertz CT molecular complexity index is 1080. The van der Waals surface area contributed by atoms with Crippen molar-refractivity contribution in [2.24, 2.45) is 0 Å².